The normalized spacial score (nSPS) is 12.0. The Morgan fingerprint density at radius 2 is 1.92 bits per heavy atom. The molecule has 1 atom stereocenters. The maximum Gasteiger partial charge on any atom is 0.528 e. The number of hydroxylamine groups is 2. The molecule has 0 fully saturated rings. The van der Waals surface area contributed by atoms with Crippen molar-refractivity contribution in [1.82, 2.24) is 5.06 Å². The Kier molecular flexibility index (Phi) is 7.70. The Morgan fingerprint density at radius 1 is 1.31 bits per heavy atom. The number of rotatable bonds is 7. The Balaban J connectivity index is 3.03. The second-order valence-electron chi connectivity index (χ2n) is 6.25. The van der Waals surface area contributed by atoms with Crippen LogP contribution in [0.15, 0.2) is 29.4 Å². The molecule has 0 amide bonds. The summed E-state index contributed by atoms with van der Waals surface area (Å²) < 4.78 is 9.81. The summed E-state index contributed by atoms with van der Waals surface area (Å²) in [7, 11) is 1.19. The standard InChI is InChI=1S/C16H22N4O6/c1-16(2,3)25-15(23)26-20(10-18-19-17)13(14(22)24-4)9-11-5-7-12(21)8-6-11/h5-8,13,21H,9-10H2,1-4H3/t13-/m0/s1. The van der Waals surface area contributed by atoms with E-state index in [-0.39, 0.29) is 12.2 Å². The van der Waals surface area contributed by atoms with Crippen molar-refractivity contribution < 1.29 is 29.0 Å². The molecule has 0 radical (unpaired) electrons. The Bertz CT molecular complexity index is 664. The first-order valence-electron chi connectivity index (χ1n) is 7.70. The number of phenols is 1. The molecule has 1 aromatic carbocycles. The highest BCUT2D eigenvalue weighted by atomic mass is 16.8. The number of carbonyl (C=O) groups excluding carboxylic acids is 2. The highest BCUT2D eigenvalue weighted by molar-refractivity contribution is 5.76. The molecular weight excluding hydrogens is 344 g/mol. The van der Waals surface area contributed by atoms with Crippen LogP contribution in [-0.4, -0.2) is 47.7 Å². The van der Waals surface area contributed by atoms with Crippen LogP contribution in [0.1, 0.15) is 26.3 Å². The summed E-state index contributed by atoms with van der Waals surface area (Å²) in [5.74, 6) is -0.630. The Labute approximate surface area is 150 Å². The molecule has 1 rings (SSSR count). The van der Waals surface area contributed by atoms with Crippen molar-refractivity contribution >= 4 is 12.1 Å². The molecule has 26 heavy (non-hydrogen) atoms. The molecule has 0 aliphatic carbocycles. The number of hydrogen-bond acceptors (Lipinski definition) is 8. The van der Waals surface area contributed by atoms with E-state index >= 15 is 0 Å². The molecule has 0 aromatic heterocycles. The molecule has 1 N–H and O–H groups in total. The number of aromatic hydroxyl groups is 1. The molecule has 1 aromatic rings. The summed E-state index contributed by atoms with van der Waals surface area (Å²) in [6.45, 7) is 4.54. The van der Waals surface area contributed by atoms with E-state index in [2.05, 4.69) is 10.0 Å². The molecule has 0 aliphatic rings. The van der Waals surface area contributed by atoms with E-state index < -0.39 is 30.4 Å². The quantitative estimate of drug-likeness (QED) is 0.258. The second kappa shape index (κ2) is 9.50. The molecule has 0 bridgehead atoms. The highest BCUT2D eigenvalue weighted by Gasteiger charge is 2.31. The molecule has 0 spiro atoms. The van der Waals surface area contributed by atoms with Crippen LogP contribution in [0.25, 0.3) is 10.4 Å². The number of esters is 1. The van der Waals surface area contributed by atoms with E-state index in [9.17, 15) is 14.7 Å². The fourth-order valence-electron chi connectivity index (χ4n) is 1.94. The molecule has 142 valence electrons. The molecule has 10 nitrogen and oxygen atoms in total. The van der Waals surface area contributed by atoms with Gasteiger partial charge < -0.3 is 19.4 Å². The zero-order valence-electron chi connectivity index (χ0n) is 15.1. The average molecular weight is 366 g/mol. The summed E-state index contributed by atoms with van der Waals surface area (Å²) in [5, 5.41) is 13.6. The Hall–Kier alpha value is -2.97. The minimum atomic E-state index is -1.08. The first-order chi connectivity index (χ1) is 12.2. The third kappa shape index (κ3) is 7.29. The van der Waals surface area contributed by atoms with Crippen molar-refractivity contribution in [3.05, 3.63) is 40.3 Å². The van der Waals surface area contributed by atoms with Gasteiger partial charge in [-0.25, -0.2) is 4.79 Å². The fraction of sp³-hybridized carbons (Fsp3) is 0.500. The van der Waals surface area contributed by atoms with Crippen LogP contribution in [0, 0.1) is 0 Å². The van der Waals surface area contributed by atoms with E-state index in [1.807, 2.05) is 0 Å². The van der Waals surface area contributed by atoms with Gasteiger partial charge in [0.05, 0.1) is 7.11 Å². The van der Waals surface area contributed by atoms with Gasteiger partial charge >= 0.3 is 12.1 Å². The van der Waals surface area contributed by atoms with Gasteiger partial charge in [0.1, 0.15) is 24.1 Å². The van der Waals surface area contributed by atoms with E-state index in [1.165, 1.54) is 19.2 Å². The highest BCUT2D eigenvalue weighted by Crippen LogP contribution is 2.17. The molecule has 0 heterocycles. The van der Waals surface area contributed by atoms with Crippen molar-refractivity contribution in [2.45, 2.75) is 38.8 Å². The lowest BCUT2D eigenvalue weighted by atomic mass is 10.1. The number of phenolic OH excluding ortho intramolecular Hbond substituents is 1. The van der Waals surface area contributed by atoms with Crippen LogP contribution in [0.5, 0.6) is 5.75 Å². The largest absolute Gasteiger partial charge is 0.528 e. The third-order valence-corrected chi connectivity index (χ3v) is 3.03. The SMILES string of the molecule is COC(=O)[C@H](Cc1ccc(O)cc1)N(CN=[N+]=[N-])OC(=O)OC(C)(C)C. The van der Waals surface area contributed by atoms with Crippen LogP contribution in [0.4, 0.5) is 4.79 Å². The predicted molar refractivity (Wildman–Crippen MR) is 90.8 cm³/mol. The second-order valence-corrected chi connectivity index (χ2v) is 6.25. The minimum Gasteiger partial charge on any atom is -0.508 e. The van der Waals surface area contributed by atoms with Gasteiger partial charge in [0.25, 0.3) is 0 Å². The van der Waals surface area contributed by atoms with E-state index in [1.54, 1.807) is 32.9 Å². The lowest BCUT2D eigenvalue weighted by molar-refractivity contribution is -0.185. The lowest BCUT2D eigenvalue weighted by Gasteiger charge is -2.28. The van der Waals surface area contributed by atoms with Gasteiger partial charge in [0.2, 0.25) is 0 Å². The molecule has 10 heteroatoms. The van der Waals surface area contributed by atoms with Crippen LogP contribution < -0.4 is 0 Å². The molecule has 0 saturated heterocycles. The monoisotopic (exact) mass is 366 g/mol. The van der Waals surface area contributed by atoms with Crippen molar-refractivity contribution in [2.24, 2.45) is 5.11 Å². The van der Waals surface area contributed by atoms with Gasteiger partial charge in [-0.3, -0.25) is 4.79 Å². The number of benzene rings is 1. The van der Waals surface area contributed by atoms with Crippen LogP contribution in [0.2, 0.25) is 0 Å². The van der Waals surface area contributed by atoms with Gasteiger partial charge in [-0.1, -0.05) is 17.2 Å². The topological polar surface area (TPSA) is 134 Å². The van der Waals surface area contributed by atoms with Crippen LogP contribution >= 0.6 is 0 Å². The summed E-state index contributed by atoms with van der Waals surface area (Å²) in [5.41, 5.74) is 8.41. The number of carbonyl (C=O) groups is 2. The number of hydrogen-bond donors (Lipinski definition) is 1. The van der Waals surface area contributed by atoms with Gasteiger partial charge in [-0.2, -0.15) is 0 Å². The van der Waals surface area contributed by atoms with Crippen molar-refractivity contribution in [2.75, 3.05) is 13.8 Å². The summed E-state index contributed by atoms with van der Waals surface area (Å²) in [4.78, 5) is 31.8. The van der Waals surface area contributed by atoms with E-state index in [0.717, 1.165) is 5.06 Å². The van der Waals surface area contributed by atoms with E-state index in [0.29, 0.717) is 5.56 Å². The maximum atomic E-state index is 12.2. The number of methoxy groups -OCH3 is 1. The lowest BCUT2D eigenvalue weighted by Crippen LogP contribution is -2.45. The first-order valence-corrected chi connectivity index (χ1v) is 7.70. The number of nitrogens with zero attached hydrogens (tertiary/aromatic N) is 4. The summed E-state index contributed by atoms with van der Waals surface area (Å²) in [6, 6.07) is 5.03. The molecule has 0 saturated carbocycles. The summed E-state index contributed by atoms with van der Waals surface area (Å²) in [6.07, 6.45) is -0.971. The molecule has 0 unspecified atom stereocenters. The molecular formula is C16H22N4O6. The van der Waals surface area contributed by atoms with Gasteiger partial charge in [-0.15, -0.1) is 5.06 Å². The fourth-order valence-corrected chi connectivity index (χ4v) is 1.94. The van der Waals surface area contributed by atoms with Crippen molar-refractivity contribution in [3.63, 3.8) is 0 Å². The number of azide groups is 1. The average Bonchev–Trinajstić information content (AvgIpc) is 2.56. The van der Waals surface area contributed by atoms with Crippen molar-refractivity contribution in [3.8, 4) is 5.75 Å². The maximum absolute atomic E-state index is 12.2. The van der Waals surface area contributed by atoms with Gasteiger partial charge in [0.15, 0.2) is 0 Å². The third-order valence-electron chi connectivity index (χ3n) is 3.03. The minimum absolute atomic E-state index is 0.0688. The van der Waals surface area contributed by atoms with Gasteiger partial charge in [-0.05, 0) is 44.0 Å². The number of ether oxygens (including phenoxy) is 2. The molecule has 0 aliphatic heterocycles. The van der Waals surface area contributed by atoms with Crippen LogP contribution in [0.3, 0.4) is 0 Å². The zero-order valence-corrected chi connectivity index (χ0v) is 15.1. The van der Waals surface area contributed by atoms with Crippen LogP contribution in [-0.2, 0) is 25.5 Å². The Morgan fingerprint density at radius 3 is 2.42 bits per heavy atom. The first kappa shape index (κ1) is 21.1. The smallest absolute Gasteiger partial charge is 0.508 e. The van der Waals surface area contributed by atoms with Crippen molar-refractivity contribution in [1.29, 1.82) is 0 Å². The van der Waals surface area contributed by atoms with E-state index in [4.69, 9.17) is 19.8 Å². The summed E-state index contributed by atoms with van der Waals surface area (Å²) >= 11 is 0. The predicted octanol–water partition coefficient (Wildman–Crippen LogP) is 2.91. The zero-order chi connectivity index (χ0) is 19.7. The van der Waals surface area contributed by atoms with Gasteiger partial charge in [0, 0.05) is 11.3 Å².